The highest BCUT2D eigenvalue weighted by atomic mass is 32.2. The van der Waals surface area contributed by atoms with Crippen LogP contribution < -0.4 is 10.2 Å². The molecule has 2 atom stereocenters. The molecule has 3 amide bonds. The average molecular weight is 403 g/mol. The number of amides is 3. The summed E-state index contributed by atoms with van der Waals surface area (Å²) in [4.78, 5) is 26.5. The summed E-state index contributed by atoms with van der Waals surface area (Å²) in [5, 5.41) is 2.70. The first-order valence-electron chi connectivity index (χ1n) is 8.77. The van der Waals surface area contributed by atoms with Crippen LogP contribution in [0.2, 0.25) is 0 Å². The van der Waals surface area contributed by atoms with E-state index in [0.717, 1.165) is 26.9 Å². The van der Waals surface area contributed by atoms with Crippen LogP contribution >= 0.6 is 0 Å². The van der Waals surface area contributed by atoms with Crippen LogP contribution in [0.15, 0.2) is 53.4 Å². The van der Waals surface area contributed by atoms with Gasteiger partial charge in [-0.05, 0) is 49.7 Å². The van der Waals surface area contributed by atoms with Gasteiger partial charge in [-0.1, -0.05) is 17.7 Å². The van der Waals surface area contributed by atoms with E-state index in [1.54, 1.807) is 12.1 Å². The number of hydrogen-bond acceptors (Lipinski definition) is 4. The summed E-state index contributed by atoms with van der Waals surface area (Å²) in [6.07, 6.45) is 0.338. The summed E-state index contributed by atoms with van der Waals surface area (Å²) < 4.78 is 40.6. The highest BCUT2D eigenvalue weighted by molar-refractivity contribution is 7.89. The lowest BCUT2D eigenvalue weighted by Gasteiger charge is -2.36. The van der Waals surface area contributed by atoms with Crippen molar-refractivity contribution in [1.82, 2.24) is 9.62 Å². The van der Waals surface area contributed by atoms with Crippen molar-refractivity contribution in [3.8, 4) is 0 Å². The molecule has 2 fully saturated rings. The lowest BCUT2D eigenvalue weighted by Crippen LogP contribution is -2.64. The van der Waals surface area contributed by atoms with E-state index >= 15 is 0 Å². The minimum Gasteiger partial charge on any atom is -0.332 e. The van der Waals surface area contributed by atoms with Gasteiger partial charge in [0.1, 0.15) is 11.9 Å². The molecule has 2 aromatic carbocycles. The van der Waals surface area contributed by atoms with Crippen molar-refractivity contribution in [2.75, 3.05) is 11.4 Å². The third-order valence-electron chi connectivity index (χ3n) is 5.05. The van der Waals surface area contributed by atoms with Crippen LogP contribution in [-0.4, -0.2) is 43.3 Å². The van der Waals surface area contributed by atoms with Crippen LogP contribution in [0.3, 0.4) is 0 Å². The van der Waals surface area contributed by atoms with Crippen molar-refractivity contribution in [1.29, 1.82) is 0 Å². The molecule has 2 aliphatic heterocycles. The molecule has 0 aliphatic carbocycles. The normalized spacial score (nSPS) is 22.9. The standard InChI is InChI=1S/C19H18FN3O4S/c1-12-2-8-15(9-3-12)28(26,27)22-11-10-16-17(22)18(24)23(19(25)21-16)14-6-4-13(20)5-7-14/h2-9,16-17H,10-11H2,1H3,(H,21,25)/t16-,17+/m1/s1. The predicted octanol–water partition coefficient (Wildman–Crippen LogP) is 2.02. The summed E-state index contributed by atoms with van der Waals surface area (Å²) >= 11 is 0. The number of carbonyl (C=O) groups is 2. The van der Waals surface area contributed by atoms with Gasteiger partial charge in [0.25, 0.3) is 5.91 Å². The van der Waals surface area contributed by atoms with E-state index in [-0.39, 0.29) is 17.1 Å². The second-order valence-corrected chi connectivity index (χ2v) is 8.76. The zero-order valence-electron chi connectivity index (χ0n) is 15.0. The first-order valence-corrected chi connectivity index (χ1v) is 10.2. The maximum absolute atomic E-state index is 13.2. The Labute approximate surface area is 161 Å². The van der Waals surface area contributed by atoms with Crippen LogP contribution in [-0.2, 0) is 14.8 Å². The van der Waals surface area contributed by atoms with Crippen molar-refractivity contribution in [3.05, 3.63) is 59.9 Å². The van der Waals surface area contributed by atoms with Gasteiger partial charge >= 0.3 is 6.03 Å². The molecular formula is C19H18FN3O4S. The van der Waals surface area contributed by atoms with Crippen LogP contribution in [0.1, 0.15) is 12.0 Å². The van der Waals surface area contributed by atoms with Gasteiger partial charge in [-0.15, -0.1) is 0 Å². The molecule has 0 unspecified atom stereocenters. The Bertz CT molecular complexity index is 1040. The molecule has 0 bridgehead atoms. The van der Waals surface area contributed by atoms with Gasteiger partial charge in [0, 0.05) is 6.54 Å². The van der Waals surface area contributed by atoms with Gasteiger partial charge in [0.05, 0.1) is 16.6 Å². The Morgan fingerprint density at radius 2 is 1.68 bits per heavy atom. The Morgan fingerprint density at radius 3 is 2.32 bits per heavy atom. The Balaban J connectivity index is 1.70. The van der Waals surface area contributed by atoms with Gasteiger partial charge in [0.2, 0.25) is 10.0 Å². The molecule has 4 rings (SSSR count). The van der Waals surface area contributed by atoms with Crippen molar-refractivity contribution in [3.63, 3.8) is 0 Å². The van der Waals surface area contributed by atoms with Crippen molar-refractivity contribution in [2.24, 2.45) is 0 Å². The van der Waals surface area contributed by atoms with Crippen molar-refractivity contribution < 1.29 is 22.4 Å². The molecule has 0 saturated carbocycles. The number of aryl methyl sites for hydroxylation is 1. The number of nitrogens with one attached hydrogen (secondary N) is 1. The van der Waals surface area contributed by atoms with Gasteiger partial charge in [-0.2, -0.15) is 4.31 Å². The number of urea groups is 1. The lowest BCUT2D eigenvalue weighted by atomic mass is 10.1. The first-order chi connectivity index (χ1) is 13.3. The number of fused-ring (bicyclic) bond motifs is 1. The third-order valence-corrected chi connectivity index (χ3v) is 6.94. The van der Waals surface area contributed by atoms with Gasteiger partial charge in [-0.3, -0.25) is 4.79 Å². The largest absolute Gasteiger partial charge is 0.332 e. The van der Waals surface area contributed by atoms with E-state index in [2.05, 4.69) is 5.32 Å². The number of rotatable bonds is 3. The van der Waals surface area contributed by atoms with Crippen molar-refractivity contribution >= 4 is 27.6 Å². The van der Waals surface area contributed by atoms with Gasteiger partial charge < -0.3 is 5.32 Å². The molecule has 0 aromatic heterocycles. The second kappa shape index (κ2) is 6.68. The maximum Gasteiger partial charge on any atom is 0.329 e. The summed E-state index contributed by atoms with van der Waals surface area (Å²) in [7, 11) is -3.91. The molecule has 7 nitrogen and oxygen atoms in total. The smallest absolute Gasteiger partial charge is 0.329 e. The zero-order chi connectivity index (χ0) is 20.1. The highest BCUT2D eigenvalue weighted by Crippen LogP contribution is 2.32. The Morgan fingerprint density at radius 1 is 1.04 bits per heavy atom. The number of benzene rings is 2. The monoisotopic (exact) mass is 403 g/mol. The van der Waals surface area contributed by atoms with Crippen LogP contribution in [0.25, 0.3) is 0 Å². The quantitative estimate of drug-likeness (QED) is 0.850. The summed E-state index contributed by atoms with van der Waals surface area (Å²) in [6, 6.07) is 8.98. The zero-order valence-corrected chi connectivity index (χ0v) is 15.8. The molecule has 2 aliphatic rings. The third kappa shape index (κ3) is 2.96. The molecule has 146 valence electrons. The maximum atomic E-state index is 13.2. The predicted molar refractivity (Wildman–Crippen MR) is 99.7 cm³/mol. The van der Waals surface area contributed by atoms with Crippen LogP contribution in [0.4, 0.5) is 14.9 Å². The fourth-order valence-electron chi connectivity index (χ4n) is 3.62. The van der Waals surface area contributed by atoms with E-state index in [1.165, 1.54) is 24.3 Å². The number of sulfonamides is 1. The lowest BCUT2D eigenvalue weighted by molar-refractivity contribution is -0.122. The number of imide groups is 1. The highest BCUT2D eigenvalue weighted by Gasteiger charge is 2.52. The van der Waals surface area contributed by atoms with Gasteiger partial charge in [-0.25, -0.2) is 22.5 Å². The molecule has 2 saturated heterocycles. The molecule has 0 spiro atoms. The van der Waals surface area contributed by atoms with E-state index in [0.29, 0.717) is 6.42 Å². The summed E-state index contributed by atoms with van der Waals surface area (Å²) in [5.74, 6) is -1.15. The van der Waals surface area contributed by atoms with Crippen LogP contribution in [0.5, 0.6) is 0 Å². The second-order valence-electron chi connectivity index (χ2n) is 6.87. The summed E-state index contributed by atoms with van der Waals surface area (Å²) in [6.45, 7) is 1.97. The van der Waals surface area contributed by atoms with Gasteiger partial charge in [0.15, 0.2) is 0 Å². The van der Waals surface area contributed by atoms with Crippen molar-refractivity contribution in [2.45, 2.75) is 30.3 Å². The minimum atomic E-state index is -3.91. The Hall–Kier alpha value is -2.78. The molecule has 2 aromatic rings. The summed E-state index contributed by atoms with van der Waals surface area (Å²) in [5.41, 5.74) is 1.10. The number of anilines is 1. The fourth-order valence-corrected chi connectivity index (χ4v) is 5.25. The molecular weight excluding hydrogens is 385 g/mol. The molecule has 1 N–H and O–H groups in total. The average Bonchev–Trinajstić information content (AvgIpc) is 3.08. The molecule has 0 radical (unpaired) electrons. The number of halogens is 1. The number of nitrogens with zero attached hydrogens (tertiary/aromatic N) is 2. The SMILES string of the molecule is Cc1ccc(S(=O)(=O)N2CC[C@H]3NC(=O)N(c4ccc(F)cc4)C(=O)[C@H]32)cc1. The molecule has 9 heteroatoms. The fraction of sp³-hybridized carbons (Fsp3) is 0.263. The van der Waals surface area contributed by atoms with E-state index in [4.69, 9.17) is 0 Å². The minimum absolute atomic E-state index is 0.0942. The number of hydrogen-bond donors (Lipinski definition) is 1. The molecule has 2 heterocycles. The van der Waals surface area contributed by atoms with Crippen LogP contribution in [0, 0.1) is 12.7 Å². The van der Waals surface area contributed by atoms with E-state index in [1.807, 2.05) is 6.92 Å². The number of carbonyl (C=O) groups excluding carboxylic acids is 2. The molecule has 28 heavy (non-hydrogen) atoms. The first kappa shape index (κ1) is 18.6. The topological polar surface area (TPSA) is 86.8 Å². The van der Waals surface area contributed by atoms with E-state index < -0.39 is 39.9 Å². The van der Waals surface area contributed by atoms with E-state index in [9.17, 15) is 22.4 Å². The Kier molecular flexibility index (Phi) is 4.43.